The van der Waals surface area contributed by atoms with Gasteiger partial charge in [0.05, 0.1) is 26.5 Å². The highest BCUT2D eigenvalue weighted by atomic mass is 32.2. The maximum atomic E-state index is 13.4. The van der Waals surface area contributed by atoms with E-state index < -0.39 is 23.6 Å². The topological polar surface area (TPSA) is 120 Å². The van der Waals surface area contributed by atoms with Crippen molar-refractivity contribution in [3.8, 4) is 11.5 Å². The first-order valence-electron chi connectivity index (χ1n) is 9.52. The summed E-state index contributed by atoms with van der Waals surface area (Å²) in [6.45, 7) is 1.59. The van der Waals surface area contributed by atoms with Crippen LogP contribution in [0.15, 0.2) is 18.3 Å². The molecule has 6 N–H and O–H groups in total. The molecule has 1 heterocycles. The minimum atomic E-state index is -2.95. The Balaban J connectivity index is 1.67. The van der Waals surface area contributed by atoms with Gasteiger partial charge >= 0.3 is 0 Å². The number of anilines is 1. The van der Waals surface area contributed by atoms with Crippen molar-refractivity contribution < 1.29 is 22.5 Å². The number of benzene rings is 1. The molecule has 1 atom stereocenters. The average molecular weight is 446 g/mol. The van der Waals surface area contributed by atoms with Crippen LogP contribution in [0.4, 0.5) is 14.5 Å². The quantitative estimate of drug-likeness (QED) is 0.522. The van der Waals surface area contributed by atoms with Crippen molar-refractivity contribution in [2.75, 3.05) is 39.6 Å². The Morgan fingerprint density at radius 3 is 2.37 bits per heavy atom. The van der Waals surface area contributed by atoms with Gasteiger partial charge in [-0.15, -0.1) is 0 Å². The maximum absolute atomic E-state index is 13.4. The second kappa shape index (κ2) is 8.20. The largest absolute Gasteiger partial charge is 0.493 e. The van der Waals surface area contributed by atoms with Gasteiger partial charge in [0.15, 0.2) is 22.7 Å². The van der Waals surface area contributed by atoms with Gasteiger partial charge in [0.2, 0.25) is 0 Å². The van der Waals surface area contributed by atoms with Gasteiger partial charge in [-0.25, -0.2) is 22.4 Å². The number of nitrogens with zero attached hydrogens (tertiary/aromatic N) is 2. The summed E-state index contributed by atoms with van der Waals surface area (Å²) in [6, 6.07) is 3.25. The second-order valence-corrected chi connectivity index (χ2v) is 9.21. The molecule has 0 radical (unpaired) electrons. The van der Waals surface area contributed by atoms with Gasteiger partial charge in [0.25, 0.3) is 5.92 Å². The predicted octanol–water partition coefficient (Wildman–Crippen LogP) is 1.50. The third-order valence-corrected chi connectivity index (χ3v) is 6.68. The first-order valence-corrected chi connectivity index (χ1v) is 10.7. The molecular formula is C19H29F2N5O3S. The number of alkyl halides is 2. The highest BCUT2D eigenvalue weighted by Crippen LogP contribution is 2.53. The van der Waals surface area contributed by atoms with Crippen molar-refractivity contribution in [3.63, 3.8) is 0 Å². The zero-order valence-electron chi connectivity index (χ0n) is 17.4. The van der Waals surface area contributed by atoms with Gasteiger partial charge in [-0.2, -0.15) is 0 Å². The zero-order chi connectivity index (χ0) is 22.3. The molecule has 1 spiro atoms. The lowest BCUT2D eigenvalue weighted by Crippen LogP contribution is -2.66. The van der Waals surface area contributed by atoms with Crippen molar-refractivity contribution in [3.05, 3.63) is 23.9 Å². The van der Waals surface area contributed by atoms with Crippen molar-refractivity contribution in [2.45, 2.75) is 31.7 Å². The lowest BCUT2D eigenvalue weighted by atomic mass is 9.60. The molecule has 168 valence electrons. The third kappa shape index (κ3) is 4.33. The van der Waals surface area contributed by atoms with Gasteiger partial charge in [0, 0.05) is 55.0 Å². The Bertz CT molecular complexity index is 847. The molecule has 11 heteroatoms. The number of ether oxygens (including phenoxy) is 2. The van der Waals surface area contributed by atoms with Crippen LogP contribution in [-0.4, -0.2) is 59.2 Å². The Morgan fingerprint density at radius 2 is 1.90 bits per heavy atom. The van der Waals surface area contributed by atoms with Gasteiger partial charge in [-0.05, 0) is 18.9 Å². The molecule has 1 aromatic carbocycles. The number of nitrogens with two attached hydrogens (primary N) is 3. The van der Waals surface area contributed by atoms with Gasteiger partial charge < -0.3 is 25.8 Å². The standard InChI is InChI=1S/C19H29F2N5O3S/c1-18(20,21)9-26(30(24)27)12-6-19(7-12)10-25(11-19)15(8-22)13-4-16(28-2)17(29-3)5-14(13)23/h4-5,8,12H,6-7,9-11,22-24H2,1-3H3/b15-8+. The smallest absolute Gasteiger partial charge is 0.258 e. The average Bonchev–Trinajstić information content (AvgIpc) is 2.60. The van der Waals surface area contributed by atoms with Crippen LogP contribution >= 0.6 is 0 Å². The number of likely N-dealkylation sites (tertiary alicyclic amines) is 1. The van der Waals surface area contributed by atoms with E-state index in [-0.39, 0.29) is 11.5 Å². The summed E-state index contributed by atoms with van der Waals surface area (Å²) < 4.78 is 50.4. The molecule has 8 nitrogen and oxygen atoms in total. The second-order valence-electron chi connectivity index (χ2n) is 8.19. The van der Waals surface area contributed by atoms with E-state index in [0.717, 1.165) is 18.2 Å². The number of methoxy groups -OCH3 is 2. The molecule has 0 bridgehead atoms. The number of rotatable bonds is 8. The van der Waals surface area contributed by atoms with E-state index in [1.807, 2.05) is 0 Å². The van der Waals surface area contributed by atoms with E-state index in [1.165, 1.54) is 17.6 Å². The fraction of sp³-hybridized carbons (Fsp3) is 0.579. The Morgan fingerprint density at radius 1 is 1.33 bits per heavy atom. The van der Waals surface area contributed by atoms with E-state index in [0.29, 0.717) is 43.1 Å². The van der Waals surface area contributed by atoms with Crippen molar-refractivity contribution >= 4 is 22.6 Å². The van der Waals surface area contributed by atoms with E-state index in [4.69, 9.17) is 26.1 Å². The molecule has 1 aromatic rings. The molecule has 2 fully saturated rings. The molecule has 0 amide bonds. The molecule has 1 aliphatic heterocycles. The number of hydrogen-bond acceptors (Lipinski definition) is 6. The normalized spacial score (nSPS) is 20.1. The summed E-state index contributed by atoms with van der Waals surface area (Å²) >= 11 is -1.93. The number of nitrogen functional groups attached to an aromatic ring is 1. The first-order chi connectivity index (χ1) is 14.0. The molecule has 30 heavy (non-hydrogen) atoms. The minimum Gasteiger partial charge on any atom is -0.493 e. The lowest BCUT2D eigenvalue weighted by molar-refractivity contribution is -0.0833. The molecule has 3 rings (SSSR count). The monoisotopic (exact) mass is 445 g/mol. The molecule has 2 aliphatic rings. The fourth-order valence-corrected chi connectivity index (χ4v) is 5.23. The molecule has 1 aliphatic carbocycles. The molecular weight excluding hydrogens is 416 g/mol. The van der Waals surface area contributed by atoms with Crippen LogP contribution in [0.25, 0.3) is 5.70 Å². The summed E-state index contributed by atoms with van der Waals surface area (Å²) in [7, 11) is 3.08. The minimum absolute atomic E-state index is 0.0229. The van der Waals surface area contributed by atoms with Crippen molar-refractivity contribution in [1.29, 1.82) is 0 Å². The lowest BCUT2D eigenvalue weighted by Gasteiger charge is -2.61. The highest BCUT2D eigenvalue weighted by Gasteiger charge is 2.55. The number of halogens is 2. The first kappa shape index (κ1) is 22.6. The van der Waals surface area contributed by atoms with Crippen LogP contribution < -0.4 is 26.1 Å². The third-order valence-electron chi connectivity index (χ3n) is 5.79. The molecule has 1 unspecified atom stereocenters. The Hall–Kier alpha value is -2.11. The Labute approximate surface area is 177 Å². The molecule has 1 saturated heterocycles. The van der Waals surface area contributed by atoms with Crippen molar-refractivity contribution in [1.82, 2.24) is 9.21 Å². The van der Waals surface area contributed by atoms with Crippen LogP contribution in [0.2, 0.25) is 0 Å². The summed E-state index contributed by atoms with van der Waals surface area (Å²) in [6.07, 6.45) is 2.81. The van der Waals surface area contributed by atoms with Crippen LogP contribution in [0.1, 0.15) is 25.3 Å². The van der Waals surface area contributed by atoms with E-state index in [1.54, 1.807) is 19.2 Å². The van der Waals surface area contributed by atoms with E-state index in [2.05, 4.69) is 4.90 Å². The van der Waals surface area contributed by atoms with Crippen LogP contribution in [0, 0.1) is 5.41 Å². The van der Waals surface area contributed by atoms with Gasteiger partial charge in [-0.3, -0.25) is 0 Å². The fourth-order valence-electron chi connectivity index (χ4n) is 4.43. The predicted molar refractivity (Wildman–Crippen MR) is 113 cm³/mol. The van der Waals surface area contributed by atoms with Gasteiger partial charge in [0.1, 0.15) is 0 Å². The summed E-state index contributed by atoms with van der Waals surface area (Å²) in [5.41, 5.74) is 14.1. The summed E-state index contributed by atoms with van der Waals surface area (Å²) in [5, 5.41) is 5.44. The Kier molecular flexibility index (Phi) is 6.17. The van der Waals surface area contributed by atoms with E-state index >= 15 is 0 Å². The van der Waals surface area contributed by atoms with Gasteiger partial charge in [-0.1, -0.05) is 0 Å². The van der Waals surface area contributed by atoms with E-state index in [9.17, 15) is 13.0 Å². The van der Waals surface area contributed by atoms with Crippen LogP contribution in [0.5, 0.6) is 11.5 Å². The maximum Gasteiger partial charge on any atom is 0.258 e. The van der Waals surface area contributed by atoms with Crippen LogP contribution in [0.3, 0.4) is 0 Å². The van der Waals surface area contributed by atoms with Crippen molar-refractivity contribution in [2.24, 2.45) is 16.3 Å². The highest BCUT2D eigenvalue weighted by molar-refractivity contribution is 7.80. The summed E-state index contributed by atoms with van der Waals surface area (Å²) in [5.74, 6) is -1.88. The molecule has 0 aromatic heterocycles. The van der Waals surface area contributed by atoms with Crippen LogP contribution in [-0.2, 0) is 11.2 Å². The zero-order valence-corrected chi connectivity index (χ0v) is 18.2. The SMILES string of the molecule is COc1cc(N)c(/C(=C\N)N2CC3(CC(N(CC(C)(F)F)S(N)=O)C3)C2)cc1OC. The summed E-state index contributed by atoms with van der Waals surface area (Å²) in [4.78, 5) is 2.09. The molecule has 1 saturated carbocycles. The number of hydrogen-bond donors (Lipinski definition) is 3.